The molecule has 55 heavy (non-hydrogen) atoms. The van der Waals surface area contributed by atoms with Crippen molar-refractivity contribution in [3.05, 3.63) is 159 Å². The zero-order valence-electron chi connectivity index (χ0n) is 32.6. The maximum atomic E-state index is 5.52. The summed E-state index contributed by atoms with van der Waals surface area (Å²) in [5.41, 5.74) is 12.7. The molecule has 270 valence electrons. The fourth-order valence-electron chi connectivity index (χ4n) is 8.95. The molecule has 0 saturated carbocycles. The lowest BCUT2D eigenvalue weighted by Crippen LogP contribution is -2.38. The highest BCUT2D eigenvalue weighted by molar-refractivity contribution is 6.75. The molecule has 1 aliphatic carbocycles. The molecule has 7 nitrogen and oxygen atoms in total. The molecule has 10 heteroatoms. The molecule has 0 bridgehead atoms. The van der Waals surface area contributed by atoms with Gasteiger partial charge in [-0.2, -0.15) is 0 Å². The molecular weight excluding hydrogens is 723 g/mol. The van der Waals surface area contributed by atoms with E-state index in [1.807, 2.05) is 0 Å². The van der Waals surface area contributed by atoms with E-state index in [4.69, 9.17) is 27.9 Å². The van der Waals surface area contributed by atoms with Crippen LogP contribution in [0.4, 0.5) is 17.1 Å². The molecule has 0 radical (unpaired) electrons. The minimum absolute atomic E-state index is 0.0544. The Balaban J connectivity index is 1.25. The highest BCUT2D eigenvalue weighted by Crippen LogP contribution is 2.49. The van der Waals surface area contributed by atoms with Crippen LogP contribution in [0.3, 0.4) is 0 Å². The van der Waals surface area contributed by atoms with Crippen LogP contribution in [0.15, 0.2) is 143 Å². The SMILES string of the molecule is CC1(C)c2ccccc2-c2cc(-c3ccc(N(c4cccc5c4=N[Si](C)(C)N=5)c4ccc(-c5ccccc5)c5c4=N[Si](C)(C)N=5)c4c3=N[Si](C)(C)N=4)ccc21. The second-order valence-electron chi connectivity index (χ2n) is 17.1. The third kappa shape index (κ3) is 5.33. The van der Waals surface area contributed by atoms with E-state index in [1.54, 1.807) is 0 Å². The summed E-state index contributed by atoms with van der Waals surface area (Å²) in [6.45, 7) is 17.9. The Hall–Kier alpha value is -5.43. The summed E-state index contributed by atoms with van der Waals surface area (Å²) < 4.78 is 32.3. The molecule has 0 unspecified atom stereocenters. The molecule has 4 aliphatic rings. The quantitative estimate of drug-likeness (QED) is 0.166. The Morgan fingerprint density at radius 3 is 1.60 bits per heavy atom. The van der Waals surface area contributed by atoms with Gasteiger partial charge in [-0.15, -0.1) is 0 Å². The average Bonchev–Trinajstić information content (AvgIpc) is 3.84. The van der Waals surface area contributed by atoms with Crippen LogP contribution in [0, 0.1) is 0 Å². The van der Waals surface area contributed by atoms with Crippen molar-refractivity contribution in [2.24, 2.45) is 27.9 Å². The number of hydrogen-bond acceptors (Lipinski definition) is 7. The number of nitrogens with zero attached hydrogens (tertiary/aromatic N) is 7. The Kier molecular flexibility index (Phi) is 7.16. The van der Waals surface area contributed by atoms with E-state index in [1.165, 1.54) is 22.3 Å². The minimum atomic E-state index is -2.38. The van der Waals surface area contributed by atoms with Crippen molar-refractivity contribution in [2.75, 3.05) is 4.90 Å². The molecule has 0 N–H and O–H groups in total. The first-order valence-electron chi connectivity index (χ1n) is 19.1. The molecule has 0 amide bonds. The highest BCUT2D eigenvalue weighted by Gasteiger charge is 2.36. The van der Waals surface area contributed by atoms with Crippen LogP contribution >= 0.6 is 0 Å². The van der Waals surface area contributed by atoms with Gasteiger partial charge in [0.1, 0.15) is 0 Å². The average molecular weight is 766 g/mol. The molecule has 0 atom stereocenters. The van der Waals surface area contributed by atoms with Crippen molar-refractivity contribution >= 4 is 42.3 Å². The molecule has 10 rings (SSSR count). The molecule has 0 saturated heterocycles. The summed E-state index contributed by atoms with van der Waals surface area (Å²) in [6.07, 6.45) is 0. The number of hydrogen-bond donors (Lipinski definition) is 0. The predicted molar refractivity (Wildman–Crippen MR) is 229 cm³/mol. The van der Waals surface area contributed by atoms with Gasteiger partial charge in [-0.1, -0.05) is 98.8 Å². The summed E-state index contributed by atoms with van der Waals surface area (Å²) >= 11 is 0. The fourth-order valence-corrected chi connectivity index (χ4v) is 13.7. The van der Waals surface area contributed by atoms with E-state index in [9.17, 15) is 0 Å². The third-order valence-electron chi connectivity index (χ3n) is 11.3. The van der Waals surface area contributed by atoms with Gasteiger partial charge in [-0.05, 0) is 103 Å². The lowest BCUT2D eigenvalue weighted by atomic mass is 9.82. The van der Waals surface area contributed by atoms with Gasteiger partial charge in [0.2, 0.25) is 0 Å². The lowest BCUT2D eigenvalue weighted by Gasteiger charge is -2.26. The van der Waals surface area contributed by atoms with Crippen LogP contribution in [-0.4, -0.2) is 25.2 Å². The minimum Gasteiger partial charge on any atom is -0.304 e. The predicted octanol–water partition coefficient (Wildman–Crippen LogP) is 7.66. The number of rotatable bonds is 5. The Morgan fingerprint density at radius 2 is 0.927 bits per heavy atom. The van der Waals surface area contributed by atoms with Crippen LogP contribution in [0.2, 0.25) is 39.3 Å². The van der Waals surface area contributed by atoms with Crippen molar-refractivity contribution in [2.45, 2.75) is 58.5 Å². The molecule has 6 aromatic rings. The van der Waals surface area contributed by atoms with Gasteiger partial charge in [0.25, 0.3) is 25.2 Å². The summed E-state index contributed by atoms with van der Waals surface area (Å²) in [5.74, 6) is 0. The Bertz CT molecular complexity index is 3060. The van der Waals surface area contributed by atoms with Crippen LogP contribution in [-0.2, 0) is 5.41 Å². The van der Waals surface area contributed by atoms with Crippen molar-refractivity contribution in [3.63, 3.8) is 0 Å². The molecular formula is C45H43N7Si3. The van der Waals surface area contributed by atoms with Gasteiger partial charge < -0.3 is 4.90 Å². The van der Waals surface area contributed by atoms with E-state index < -0.39 is 25.2 Å². The van der Waals surface area contributed by atoms with Gasteiger partial charge in [0.05, 0.1) is 49.2 Å². The molecule has 0 aromatic heterocycles. The van der Waals surface area contributed by atoms with E-state index in [-0.39, 0.29) is 5.41 Å². The molecule has 6 aromatic carbocycles. The van der Waals surface area contributed by atoms with Crippen LogP contribution in [0.5, 0.6) is 0 Å². The van der Waals surface area contributed by atoms with Gasteiger partial charge in [0, 0.05) is 16.5 Å². The number of fused-ring (bicyclic) bond motifs is 6. The van der Waals surface area contributed by atoms with Crippen molar-refractivity contribution < 1.29 is 0 Å². The first-order valence-corrected chi connectivity index (χ1v) is 27.8. The van der Waals surface area contributed by atoms with Crippen molar-refractivity contribution in [1.82, 2.24) is 0 Å². The van der Waals surface area contributed by atoms with Crippen LogP contribution in [0.25, 0.3) is 33.4 Å². The second-order valence-corrected chi connectivity index (χ2v) is 27.4. The topological polar surface area (TPSA) is 77.4 Å². The molecule has 3 heterocycles. The van der Waals surface area contributed by atoms with Crippen LogP contribution < -0.4 is 37.0 Å². The Morgan fingerprint density at radius 1 is 0.400 bits per heavy atom. The van der Waals surface area contributed by atoms with Gasteiger partial charge in [0.15, 0.2) is 0 Å². The summed E-state index contributed by atoms with van der Waals surface area (Å²) in [7, 11) is -6.90. The Labute approximate surface area is 324 Å². The summed E-state index contributed by atoms with van der Waals surface area (Å²) in [6, 6.07) is 41.7. The maximum absolute atomic E-state index is 5.52. The zero-order chi connectivity index (χ0) is 38.1. The van der Waals surface area contributed by atoms with Gasteiger partial charge in [-0.3, -0.25) is 27.9 Å². The highest BCUT2D eigenvalue weighted by atomic mass is 28.4. The van der Waals surface area contributed by atoms with Gasteiger partial charge >= 0.3 is 0 Å². The number of anilines is 3. The van der Waals surface area contributed by atoms with E-state index in [2.05, 4.69) is 173 Å². The second kappa shape index (κ2) is 11.5. The maximum Gasteiger partial charge on any atom is 0.298 e. The summed E-state index contributed by atoms with van der Waals surface area (Å²) in [5, 5.41) is 5.63. The first kappa shape index (κ1) is 34.1. The number of benzene rings is 6. The van der Waals surface area contributed by atoms with Crippen molar-refractivity contribution in [3.8, 4) is 33.4 Å². The van der Waals surface area contributed by atoms with Gasteiger partial charge in [-0.25, -0.2) is 0 Å². The largest absolute Gasteiger partial charge is 0.304 e. The standard InChI is InChI=1S/C45H43N7Si3/c1-45(2)34-18-13-12-17-32(34)33-27-29(21-24-35(33)45)31-23-26-39(44-41(31)48-55(7,8)51-44)52(37-20-14-19-36-42(37)49-53(3,4)46-36)38-25-22-30(28-15-10-9-11-16-28)40-43(38)50-54(5,6)47-40/h9-27H,1-8H3. The normalized spacial score (nSPS) is 17.8. The molecule has 0 fully saturated rings. The zero-order valence-corrected chi connectivity index (χ0v) is 35.6. The third-order valence-corrected chi connectivity index (χ3v) is 15.9. The van der Waals surface area contributed by atoms with E-state index in [0.29, 0.717) is 0 Å². The first-order chi connectivity index (χ1) is 26.2. The van der Waals surface area contributed by atoms with E-state index in [0.717, 1.165) is 71.5 Å². The monoisotopic (exact) mass is 765 g/mol. The smallest absolute Gasteiger partial charge is 0.298 e. The summed E-state index contributed by atoms with van der Waals surface area (Å²) in [4.78, 5) is 2.34. The molecule has 0 spiro atoms. The van der Waals surface area contributed by atoms with E-state index >= 15 is 0 Å². The fraction of sp³-hybridized carbons (Fsp3) is 0.200. The molecule has 3 aliphatic heterocycles. The van der Waals surface area contributed by atoms with Crippen molar-refractivity contribution in [1.29, 1.82) is 0 Å². The lowest BCUT2D eigenvalue weighted by molar-refractivity contribution is 0.660. The van der Waals surface area contributed by atoms with Crippen LogP contribution in [0.1, 0.15) is 25.0 Å².